The summed E-state index contributed by atoms with van der Waals surface area (Å²) in [7, 11) is 0. The van der Waals surface area contributed by atoms with Crippen LogP contribution in [-0.2, 0) is 0 Å². The van der Waals surface area contributed by atoms with Crippen LogP contribution in [0.25, 0.3) is 6.08 Å². The van der Waals surface area contributed by atoms with Crippen LogP contribution in [0.3, 0.4) is 0 Å². The average Bonchev–Trinajstić information content (AvgIpc) is 1.99. The summed E-state index contributed by atoms with van der Waals surface area (Å²) in [5.41, 5.74) is 0.472. The molecule has 0 aliphatic heterocycles. The molecular formula is C8H6BrF2N. The van der Waals surface area contributed by atoms with E-state index in [4.69, 9.17) is 0 Å². The monoisotopic (exact) mass is 233 g/mol. The molecule has 0 N–H and O–H groups in total. The highest BCUT2D eigenvalue weighted by molar-refractivity contribution is 9.09. The van der Waals surface area contributed by atoms with Gasteiger partial charge in [0.05, 0.1) is 0 Å². The van der Waals surface area contributed by atoms with Crippen molar-refractivity contribution in [1.29, 1.82) is 0 Å². The minimum atomic E-state index is -0.802. The smallest absolute Gasteiger partial charge is 0.191 e. The summed E-state index contributed by atoms with van der Waals surface area (Å²) in [4.78, 5) is 2.96. The molecule has 0 fully saturated rings. The predicted octanol–water partition coefficient (Wildman–Crippen LogP) is 2.77. The Morgan fingerprint density at radius 1 is 1.33 bits per heavy atom. The normalized spacial score (nSPS) is 10.9. The Kier molecular flexibility index (Phi) is 3.34. The molecule has 64 valence electrons. The highest BCUT2D eigenvalue weighted by Gasteiger charge is 1.97. The molecule has 0 spiro atoms. The standard InChI is InChI=1S/C8H6BrF2N/c9-3-1-2-6-4-7(10)12-8(11)5-6/h1-2,4-5H,3H2. The highest BCUT2D eigenvalue weighted by Crippen LogP contribution is 2.06. The van der Waals surface area contributed by atoms with E-state index < -0.39 is 11.9 Å². The first-order valence-corrected chi connectivity index (χ1v) is 4.40. The number of hydrogen-bond donors (Lipinski definition) is 0. The average molecular weight is 234 g/mol. The third-order valence-corrected chi connectivity index (χ3v) is 1.56. The van der Waals surface area contributed by atoms with Crippen molar-refractivity contribution in [2.45, 2.75) is 0 Å². The van der Waals surface area contributed by atoms with Gasteiger partial charge in [-0.15, -0.1) is 0 Å². The number of halogens is 3. The van der Waals surface area contributed by atoms with E-state index in [1.165, 1.54) is 12.1 Å². The first kappa shape index (κ1) is 9.32. The maximum absolute atomic E-state index is 12.5. The van der Waals surface area contributed by atoms with Crippen molar-refractivity contribution in [3.8, 4) is 0 Å². The summed E-state index contributed by atoms with van der Waals surface area (Å²) in [6.07, 6.45) is 3.36. The molecule has 0 aliphatic rings. The number of rotatable bonds is 2. The largest absolute Gasteiger partial charge is 0.216 e. The van der Waals surface area contributed by atoms with Crippen molar-refractivity contribution in [2.24, 2.45) is 0 Å². The Morgan fingerprint density at radius 2 is 1.92 bits per heavy atom. The summed E-state index contributed by atoms with van der Waals surface area (Å²) in [5, 5.41) is 0.651. The molecule has 1 aromatic rings. The van der Waals surface area contributed by atoms with E-state index in [0.29, 0.717) is 10.9 Å². The van der Waals surface area contributed by atoms with Crippen LogP contribution >= 0.6 is 15.9 Å². The van der Waals surface area contributed by atoms with Gasteiger partial charge >= 0.3 is 0 Å². The van der Waals surface area contributed by atoms with Crippen molar-refractivity contribution < 1.29 is 8.78 Å². The summed E-state index contributed by atoms with van der Waals surface area (Å²) < 4.78 is 24.9. The zero-order valence-corrected chi connectivity index (χ0v) is 7.68. The number of pyridine rings is 1. The number of allylic oxidation sites excluding steroid dienone is 1. The SMILES string of the molecule is Fc1cc(C=CCBr)cc(F)n1. The van der Waals surface area contributed by atoms with Gasteiger partial charge in [0.15, 0.2) is 0 Å². The van der Waals surface area contributed by atoms with Gasteiger partial charge in [-0.1, -0.05) is 28.1 Å². The Bertz CT molecular complexity index is 279. The molecule has 1 rings (SSSR count). The second-order valence-corrected chi connectivity index (χ2v) is 2.75. The van der Waals surface area contributed by atoms with E-state index in [0.717, 1.165) is 0 Å². The maximum Gasteiger partial charge on any atom is 0.216 e. The van der Waals surface area contributed by atoms with Crippen LogP contribution in [0.5, 0.6) is 0 Å². The second-order valence-electron chi connectivity index (χ2n) is 2.10. The van der Waals surface area contributed by atoms with E-state index in [9.17, 15) is 8.78 Å². The van der Waals surface area contributed by atoms with E-state index in [1.807, 2.05) is 0 Å². The van der Waals surface area contributed by atoms with Crippen LogP contribution in [-0.4, -0.2) is 10.3 Å². The minimum Gasteiger partial charge on any atom is -0.191 e. The quantitative estimate of drug-likeness (QED) is 0.566. The van der Waals surface area contributed by atoms with Crippen molar-refractivity contribution >= 4 is 22.0 Å². The number of alkyl halides is 1. The Hall–Kier alpha value is -0.770. The second kappa shape index (κ2) is 4.30. The lowest BCUT2D eigenvalue weighted by Gasteiger charge is -1.93. The lowest BCUT2D eigenvalue weighted by molar-refractivity contribution is 0.512. The van der Waals surface area contributed by atoms with Gasteiger partial charge in [0.2, 0.25) is 11.9 Å². The third kappa shape index (κ3) is 2.70. The molecule has 0 unspecified atom stereocenters. The number of hydrogen-bond acceptors (Lipinski definition) is 1. The molecule has 0 saturated carbocycles. The minimum absolute atomic E-state index is 0.472. The van der Waals surface area contributed by atoms with Gasteiger partial charge in [-0.2, -0.15) is 13.8 Å². The summed E-state index contributed by atoms with van der Waals surface area (Å²) in [6, 6.07) is 2.34. The van der Waals surface area contributed by atoms with E-state index in [1.54, 1.807) is 12.2 Å². The van der Waals surface area contributed by atoms with E-state index >= 15 is 0 Å². The summed E-state index contributed by atoms with van der Waals surface area (Å²) in [6.45, 7) is 0. The molecular weight excluding hydrogens is 228 g/mol. The van der Waals surface area contributed by atoms with Gasteiger partial charge in [-0.05, 0) is 5.56 Å². The molecule has 12 heavy (non-hydrogen) atoms. The van der Waals surface area contributed by atoms with Gasteiger partial charge < -0.3 is 0 Å². The Balaban J connectivity index is 2.93. The topological polar surface area (TPSA) is 12.9 Å². The molecule has 1 heterocycles. The molecule has 1 nitrogen and oxygen atoms in total. The molecule has 0 atom stereocenters. The molecule has 0 radical (unpaired) electrons. The Labute approximate surface area is 77.3 Å². The van der Waals surface area contributed by atoms with Gasteiger partial charge in [0, 0.05) is 17.5 Å². The zero-order chi connectivity index (χ0) is 8.97. The lowest BCUT2D eigenvalue weighted by atomic mass is 10.2. The number of aromatic nitrogens is 1. The van der Waals surface area contributed by atoms with E-state index in [-0.39, 0.29) is 0 Å². The maximum atomic E-state index is 12.5. The molecule has 0 aliphatic carbocycles. The first-order valence-electron chi connectivity index (χ1n) is 3.28. The Morgan fingerprint density at radius 3 is 2.42 bits per heavy atom. The van der Waals surface area contributed by atoms with Crippen molar-refractivity contribution in [2.75, 3.05) is 5.33 Å². The van der Waals surface area contributed by atoms with E-state index in [2.05, 4.69) is 20.9 Å². The molecule has 0 aromatic carbocycles. The third-order valence-electron chi connectivity index (χ3n) is 1.18. The van der Waals surface area contributed by atoms with Gasteiger partial charge in [-0.3, -0.25) is 0 Å². The van der Waals surface area contributed by atoms with Crippen molar-refractivity contribution in [3.05, 3.63) is 35.7 Å². The van der Waals surface area contributed by atoms with Crippen LogP contribution in [0.1, 0.15) is 5.56 Å². The van der Waals surface area contributed by atoms with Gasteiger partial charge in [0.25, 0.3) is 0 Å². The lowest BCUT2D eigenvalue weighted by Crippen LogP contribution is -1.88. The summed E-state index contributed by atoms with van der Waals surface area (Å²) in [5.74, 6) is -1.60. The number of nitrogens with zero attached hydrogens (tertiary/aromatic N) is 1. The van der Waals surface area contributed by atoms with Crippen LogP contribution in [0, 0.1) is 11.9 Å². The van der Waals surface area contributed by atoms with Gasteiger partial charge in [0.1, 0.15) is 0 Å². The molecule has 0 saturated heterocycles. The zero-order valence-electron chi connectivity index (χ0n) is 6.10. The van der Waals surface area contributed by atoms with Crippen molar-refractivity contribution in [1.82, 2.24) is 4.98 Å². The van der Waals surface area contributed by atoms with Crippen LogP contribution < -0.4 is 0 Å². The predicted molar refractivity (Wildman–Crippen MR) is 47.0 cm³/mol. The molecule has 4 heteroatoms. The molecule has 0 amide bonds. The highest BCUT2D eigenvalue weighted by atomic mass is 79.9. The van der Waals surface area contributed by atoms with Crippen LogP contribution in [0.4, 0.5) is 8.78 Å². The molecule has 1 aromatic heterocycles. The van der Waals surface area contributed by atoms with Crippen LogP contribution in [0.15, 0.2) is 18.2 Å². The fraction of sp³-hybridized carbons (Fsp3) is 0.125. The molecule has 0 bridgehead atoms. The fourth-order valence-electron chi connectivity index (χ4n) is 0.760. The van der Waals surface area contributed by atoms with Crippen LogP contribution in [0.2, 0.25) is 0 Å². The van der Waals surface area contributed by atoms with Gasteiger partial charge in [-0.25, -0.2) is 0 Å². The summed E-state index contributed by atoms with van der Waals surface area (Å²) >= 11 is 3.15. The first-order chi connectivity index (χ1) is 5.72. The van der Waals surface area contributed by atoms with Crippen molar-refractivity contribution in [3.63, 3.8) is 0 Å². The fourth-order valence-corrected chi connectivity index (χ4v) is 0.947.